The predicted molar refractivity (Wildman–Crippen MR) is 74.0 cm³/mol. The first-order valence-corrected chi connectivity index (χ1v) is 6.81. The van der Waals surface area contributed by atoms with E-state index in [2.05, 4.69) is 0 Å². The van der Waals surface area contributed by atoms with Crippen LogP contribution in [0.3, 0.4) is 0 Å². The lowest BCUT2D eigenvalue weighted by Gasteiger charge is -2.35. The van der Waals surface area contributed by atoms with Crippen molar-refractivity contribution in [2.45, 2.75) is 19.0 Å². The van der Waals surface area contributed by atoms with Gasteiger partial charge in [-0.3, -0.25) is 10.1 Å². The Morgan fingerprint density at radius 1 is 1.43 bits per heavy atom. The Morgan fingerprint density at radius 3 is 2.61 bits per heavy atom. The average Bonchev–Trinajstić information content (AvgIpc) is 2.52. The molecule has 1 aromatic carbocycles. The van der Waals surface area contributed by atoms with E-state index in [0.717, 1.165) is 4.90 Å². The number of likely N-dealkylation sites (tertiary alicyclic amines) is 1. The third-order valence-electron chi connectivity index (χ3n) is 3.59. The molecule has 0 N–H and O–H groups in total. The number of piperidine rings is 1. The van der Waals surface area contributed by atoms with Gasteiger partial charge in [0.25, 0.3) is 11.6 Å². The van der Waals surface area contributed by atoms with Crippen LogP contribution in [0.1, 0.15) is 12.0 Å². The highest BCUT2D eigenvalue weighted by molar-refractivity contribution is 5.68. The molecule has 0 unspecified atom stereocenters. The number of carbonyl (C=O) groups is 2. The number of alkyl halides is 2. The standard InChI is InChI=1S/C14H14F2N2O5/c15-14(16)9-17(6-5-11(14)7-19)13(20)23-8-10-1-3-12(4-2-10)18(21)22/h1-4,7,11H,5-6,8-9H2/t11-/m0/s1. The molecule has 1 amide bonds. The molecular weight excluding hydrogens is 314 g/mol. The summed E-state index contributed by atoms with van der Waals surface area (Å²) in [5.74, 6) is -4.66. The lowest BCUT2D eigenvalue weighted by Crippen LogP contribution is -2.51. The molecule has 0 bridgehead atoms. The maximum atomic E-state index is 13.6. The molecule has 1 aromatic rings. The Kier molecular flexibility index (Phi) is 4.87. The summed E-state index contributed by atoms with van der Waals surface area (Å²) in [7, 11) is 0. The fourth-order valence-corrected chi connectivity index (χ4v) is 2.23. The lowest BCUT2D eigenvalue weighted by atomic mass is 9.95. The van der Waals surface area contributed by atoms with Gasteiger partial charge >= 0.3 is 6.09 Å². The lowest BCUT2D eigenvalue weighted by molar-refractivity contribution is -0.384. The molecule has 0 spiro atoms. The number of hydrogen-bond donors (Lipinski definition) is 0. The summed E-state index contributed by atoms with van der Waals surface area (Å²) < 4.78 is 32.2. The second-order valence-electron chi connectivity index (χ2n) is 5.19. The highest BCUT2D eigenvalue weighted by Crippen LogP contribution is 2.31. The van der Waals surface area contributed by atoms with Crippen molar-refractivity contribution >= 4 is 18.1 Å². The van der Waals surface area contributed by atoms with Crippen molar-refractivity contribution in [2.75, 3.05) is 13.1 Å². The summed E-state index contributed by atoms with van der Waals surface area (Å²) in [4.78, 5) is 33.2. The normalized spacial score (nSPS) is 19.9. The van der Waals surface area contributed by atoms with Gasteiger partial charge < -0.3 is 14.4 Å². The summed E-state index contributed by atoms with van der Waals surface area (Å²) in [6, 6.07) is 5.34. The molecule has 0 saturated carbocycles. The summed E-state index contributed by atoms with van der Waals surface area (Å²) >= 11 is 0. The zero-order valence-electron chi connectivity index (χ0n) is 12.0. The summed E-state index contributed by atoms with van der Waals surface area (Å²) in [6.45, 7) is -1.04. The van der Waals surface area contributed by atoms with E-state index in [0.29, 0.717) is 5.56 Å². The van der Waals surface area contributed by atoms with Crippen LogP contribution in [0.25, 0.3) is 0 Å². The number of ether oxygens (including phenoxy) is 1. The minimum atomic E-state index is -3.27. The molecule has 0 aliphatic carbocycles. The quantitative estimate of drug-likeness (QED) is 0.481. The number of halogens is 2. The van der Waals surface area contributed by atoms with Crippen molar-refractivity contribution < 1.29 is 28.0 Å². The van der Waals surface area contributed by atoms with E-state index in [1.807, 2.05) is 0 Å². The summed E-state index contributed by atoms with van der Waals surface area (Å²) in [5, 5.41) is 10.5. The average molecular weight is 328 g/mol. The van der Waals surface area contributed by atoms with Crippen LogP contribution in [0, 0.1) is 16.0 Å². The number of benzene rings is 1. The fourth-order valence-electron chi connectivity index (χ4n) is 2.23. The van der Waals surface area contributed by atoms with Gasteiger partial charge in [0.15, 0.2) is 0 Å². The van der Waals surface area contributed by atoms with Gasteiger partial charge in [-0.15, -0.1) is 0 Å². The minimum Gasteiger partial charge on any atom is -0.445 e. The van der Waals surface area contributed by atoms with E-state index in [4.69, 9.17) is 4.74 Å². The van der Waals surface area contributed by atoms with Gasteiger partial charge in [0.05, 0.1) is 17.4 Å². The van der Waals surface area contributed by atoms with E-state index in [1.54, 1.807) is 0 Å². The van der Waals surface area contributed by atoms with Gasteiger partial charge in [0.2, 0.25) is 0 Å². The Labute approximate surface area is 130 Å². The molecule has 9 heteroatoms. The minimum absolute atomic E-state index is 0.0120. The van der Waals surface area contributed by atoms with Gasteiger partial charge in [-0.2, -0.15) is 0 Å². The van der Waals surface area contributed by atoms with Crippen LogP contribution in [0.15, 0.2) is 24.3 Å². The molecule has 7 nitrogen and oxygen atoms in total. The third kappa shape index (κ3) is 3.99. The largest absolute Gasteiger partial charge is 0.445 e. The molecule has 2 rings (SSSR count). The first-order chi connectivity index (χ1) is 10.8. The molecule has 124 valence electrons. The van der Waals surface area contributed by atoms with Crippen molar-refractivity contribution in [3.05, 3.63) is 39.9 Å². The second-order valence-corrected chi connectivity index (χ2v) is 5.19. The molecular formula is C14H14F2N2O5. The highest BCUT2D eigenvalue weighted by atomic mass is 19.3. The van der Waals surface area contributed by atoms with Gasteiger partial charge in [-0.05, 0) is 24.1 Å². The second kappa shape index (κ2) is 6.67. The Bertz CT molecular complexity index is 606. The van der Waals surface area contributed by atoms with Crippen LogP contribution < -0.4 is 0 Å². The van der Waals surface area contributed by atoms with Crippen LogP contribution >= 0.6 is 0 Å². The molecule has 23 heavy (non-hydrogen) atoms. The molecule has 1 aliphatic rings. The fraction of sp³-hybridized carbons (Fsp3) is 0.429. The molecule has 1 saturated heterocycles. The van der Waals surface area contributed by atoms with Crippen molar-refractivity contribution in [1.82, 2.24) is 4.90 Å². The summed E-state index contributed by atoms with van der Waals surface area (Å²) in [6.07, 6.45) is -0.824. The molecule has 0 radical (unpaired) electrons. The Morgan fingerprint density at radius 2 is 2.09 bits per heavy atom. The van der Waals surface area contributed by atoms with Crippen molar-refractivity contribution in [3.8, 4) is 0 Å². The molecule has 1 heterocycles. The third-order valence-corrected chi connectivity index (χ3v) is 3.59. The van der Waals surface area contributed by atoms with Crippen molar-refractivity contribution in [2.24, 2.45) is 5.92 Å². The zero-order valence-corrected chi connectivity index (χ0v) is 12.0. The molecule has 0 aromatic heterocycles. The van der Waals surface area contributed by atoms with E-state index in [1.165, 1.54) is 24.3 Å². The van der Waals surface area contributed by atoms with Crippen molar-refractivity contribution in [3.63, 3.8) is 0 Å². The van der Waals surface area contributed by atoms with Crippen LogP contribution in [0.5, 0.6) is 0 Å². The van der Waals surface area contributed by atoms with Crippen molar-refractivity contribution in [1.29, 1.82) is 0 Å². The van der Waals surface area contributed by atoms with E-state index in [-0.39, 0.29) is 31.5 Å². The Balaban J connectivity index is 1.90. The number of carbonyl (C=O) groups excluding carboxylic acids is 2. The number of nitro groups is 1. The summed E-state index contributed by atoms with van der Waals surface area (Å²) in [5.41, 5.74) is 0.397. The monoisotopic (exact) mass is 328 g/mol. The maximum Gasteiger partial charge on any atom is 0.410 e. The van der Waals surface area contributed by atoms with E-state index < -0.39 is 29.4 Å². The highest BCUT2D eigenvalue weighted by Gasteiger charge is 2.46. The van der Waals surface area contributed by atoms with Crippen LogP contribution in [0.2, 0.25) is 0 Å². The van der Waals surface area contributed by atoms with Gasteiger partial charge in [0, 0.05) is 18.7 Å². The number of non-ortho nitro benzene ring substituents is 1. The smallest absolute Gasteiger partial charge is 0.410 e. The van der Waals surface area contributed by atoms with Crippen LogP contribution in [-0.2, 0) is 16.1 Å². The maximum absolute atomic E-state index is 13.6. The number of aldehydes is 1. The molecule has 1 aliphatic heterocycles. The zero-order chi connectivity index (χ0) is 17.0. The van der Waals surface area contributed by atoms with E-state index >= 15 is 0 Å². The van der Waals surface area contributed by atoms with Crippen LogP contribution in [-0.4, -0.2) is 41.2 Å². The first kappa shape index (κ1) is 16.8. The Hall–Kier alpha value is -2.58. The first-order valence-electron chi connectivity index (χ1n) is 6.81. The molecule has 1 fully saturated rings. The van der Waals surface area contributed by atoms with Gasteiger partial charge in [-0.1, -0.05) is 0 Å². The number of rotatable bonds is 4. The number of nitro benzene ring substituents is 1. The molecule has 1 atom stereocenters. The van der Waals surface area contributed by atoms with E-state index in [9.17, 15) is 28.5 Å². The van der Waals surface area contributed by atoms with Crippen LogP contribution in [0.4, 0.5) is 19.3 Å². The SMILES string of the molecule is O=C[C@@H]1CCN(C(=O)OCc2ccc([N+](=O)[O-])cc2)CC1(F)F. The predicted octanol–water partition coefficient (Wildman–Crippen LogP) is 2.39. The van der Waals surface area contributed by atoms with Gasteiger partial charge in [-0.25, -0.2) is 13.6 Å². The number of nitrogens with zero attached hydrogens (tertiary/aromatic N) is 2. The number of amides is 1. The topological polar surface area (TPSA) is 89.8 Å². The van der Waals surface area contributed by atoms with Gasteiger partial charge in [0.1, 0.15) is 12.9 Å². The number of hydrogen-bond acceptors (Lipinski definition) is 5.